The first-order chi connectivity index (χ1) is 16.9. The molecule has 178 valence electrons. The summed E-state index contributed by atoms with van der Waals surface area (Å²) in [7, 11) is -2.78. The van der Waals surface area contributed by atoms with E-state index < -0.39 is 16.1 Å². The van der Waals surface area contributed by atoms with Crippen molar-refractivity contribution in [3.05, 3.63) is 78.7 Å². The molecule has 0 atom stereocenters. The number of carbonyl (C=O) groups excluding carboxylic acids is 1. The Hall–Kier alpha value is -3.83. The standard InChI is InChI=1S/C24H20N4O5S2/c1-32-20-9-5-3-7-18(20)28-24(29)27(19-8-4-6-10-21(19)35(28,30)31)15-22-25-23(26-33-22)16-11-13-17(34-2)14-12-16/h3-14H,15H2,1-2H3. The Morgan fingerprint density at radius 3 is 2.37 bits per heavy atom. The highest BCUT2D eigenvalue weighted by molar-refractivity contribution is 7.98. The van der Waals surface area contributed by atoms with Crippen molar-refractivity contribution in [1.29, 1.82) is 0 Å². The van der Waals surface area contributed by atoms with E-state index in [2.05, 4.69) is 10.1 Å². The first kappa shape index (κ1) is 22.9. The van der Waals surface area contributed by atoms with Crippen LogP contribution in [0.25, 0.3) is 11.4 Å². The number of nitrogens with zero attached hydrogens (tertiary/aromatic N) is 4. The van der Waals surface area contributed by atoms with Crippen LogP contribution in [0.5, 0.6) is 5.75 Å². The van der Waals surface area contributed by atoms with Crippen molar-refractivity contribution >= 4 is 39.2 Å². The molecule has 0 saturated heterocycles. The Bertz CT molecular complexity index is 1500. The number of methoxy groups -OCH3 is 1. The molecule has 0 N–H and O–H groups in total. The van der Waals surface area contributed by atoms with E-state index >= 15 is 0 Å². The summed E-state index contributed by atoms with van der Waals surface area (Å²) in [5.41, 5.74) is 1.11. The van der Waals surface area contributed by atoms with Gasteiger partial charge in [0.15, 0.2) is 0 Å². The number of rotatable bonds is 6. The van der Waals surface area contributed by atoms with Crippen molar-refractivity contribution in [3.63, 3.8) is 0 Å². The highest BCUT2D eigenvalue weighted by Crippen LogP contribution is 2.40. The first-order valence-electron chi connectivity index (χ1n) is 10.5. The molecule has 0 bridgehead atoms. The number of sulfonamides is 1. The number of carbonyl (C=O) groups is 1. The molecule has 35 heavy (non-hydrogen) atoms. The molecule has 0 unspecified atom stereocenters. The third-order valence-electron chi connectivity index (χ3n) is 5.49. The number of hydrogen-bond donors (Lipinski definition) is 0. The van der Waals surface area contributed by atoms with Gasteiger partial charge in [-0.25, -0.2) is 13.2 Å². The second-order valence-electron chi connectivity index (χ2n) is 7.52. The smallest absolute Gasteiger partial charge is 0.343 e. The molecule has 0 radical (unpaired) electrons. The van der Waals surface area contributed by atoms with Crippen molar-refractivity contribution < 1.29 is 22.5 Å². The SMILES string of the molecule is COc1ccccc1N1C(=O)N(Cc2nc(-c3ccc(SC)cc3)no2)c2ccccc2S1(=O)=O. The van der Waals surface area contributed by atoms with Gasteiger partial charge in [0.05, 0.1) is 12.8 Å². The van der Waals surface area contributed by atoms with Gasteiger partial charge < -0.3 is 9.26 Å². The third-order valence-corrected chi connectivity index (χ3v) is 7.97. The van der Waals surface area contributed by atoms with Crippen LogP contribution in [0.15, 0.2) is 87.1 Å². The summed E-state index contributed by atoms with van der Waals surface area (Å²) < 4.78 is 38.5. The number of benzene rings is 3. The summed E-state index contributed by atoms with van der Waals surface area (Å²) in [5, 5.41) is 4.04. The predicted octanol–water partition coefficient (Wildman–Crippen LogP) is 4.80. The maximum Gasteiger partial charge on any atom is 0.343 e. The van der Waals surface area contributed by atoms with Crippen molar-refractivity contribution in [1.82, 2.24) is 10.1 Å². The summed E-state index contributed by atoms with van der Waals surface area (Å²) in [6.45, 7) is -0.118. The molecule has 2 heterocycles. The number of fused-ring (bicyclic) bond motifs is 1. The van der Waals surface area contributed by atoms with Crippen molar-refractivity contribution in [2.24, 2.45) is 0 Å². The zero-order valence-electron chi connectivity index (χ0n) is 18.8. The maximum atomic E-state index is 13.6. The first-order valence-corrected chi connectivity index (χ1v) is 13.2. The van der Waals surface area contributed by atoms with E-state index in [0.717, 1.165) is 14.8 Å². The molecule has 0 fully saturated rings. The Morgan fingerprint density at radius 1 is 0.971 bits per heavy atom. The van der Waals surface area contributed by atoms with Gasteiger partial charge >= 0.3 is 6.03 Å². The molecular formula is C24H20N4O5S2. The normalized spacial score (nSPS) is 14.6. The van der Waals surface area contributed by atoms with E-state index in [4.69, 9.17) is 9.26 Å². The quantitative estimate of drug-likeness (QED) is 0.342. The minimum absolute atomic E-state index is 0.0158. The van der Waals surface area contributed by atoms with Crippen LogP contribution in [-0.2, 0) is 16.6 Å². The fraction of sp³-hybridized carbons (Fsp3) is 0.125. The summed E-state index contributed by atoms with van der Waals surface area (Å²) >= 11 is 1.62. The van der Waals surface area contributed by atoms with Crippen molar-refractivity contribution in [2.75, 3.05) is 22.6 Å². The molecule has 9 nitrogen and oxygen atoms in total. The number of urea groups is 1. The molecule has 1 aliphatic rings. The molecule has 0 saturated carbocycles. The Balaban J connectivity index is 1.55. The molecule has 1 aromatic heterocycles. The van der Waals surface area contributed by atoms with Crippen LogP contribution >= 0.6 is 11.8 Å². The number of amides is 2. The highest BCUT2D eigenvalue weighted by atomic mass is 32.2. The van der Waals surface area contributed by atoms with Gasteiger partial charge in [-0.2, -0.15) is 9.29 Å². The van der Waals surface area contributed by atoms with Gasteiger partial charge in [0, 0.05) is 10.5 Å². The van der Waals surface area contributed by atoms with Crippen LogP contribution in [0, 0.1) is 0 Å². The van der Waals surface area contributed by atoms with Crippen LogP contribution in [0.1, 0.15) is 5.89 Å². The van der Waals surface area contributed by atoms with E-state index in [1.165, 1.54) is 24.1 Å². The average molecular weight is 509 g/mol. The van der Waals surface area contributed by atoms with Crippen LogP contribution in [0.4, 0.5) is 16.2 Å². The van der Waals surface area contributed by atoms with E-state index in [1.807, 2.05) is 30.5 Å². The van der Waals surface area contributed by atoms with E-state index in [9.17, 15) is 13.2 Å². The minimum Gasteiger partial charge on any atom is -0.495 e. The molecule has 0 spiro atoms. The van der Waals surface area contributed by atoms with Crippen LogP contribution in [-0.4, -0.2) is 38.0 Å². The van der Waals surface area contributed by atoms with E-state index in [0.29, 0.717) is 5.82 Å². The van der Waals surface area contributed by atoms with Gasteiger partial charge in [-0.3, -0.25) is 4.90 Å². The fourth-order valence-corrected chi connectivity index (χ4v) is 5.82. The van der Waals surface area contributed by atoms with Gasteiger partial charge in [-0.15, -0.1) is 11.8 Å². The van der Waals surface area contributed by atoms with Gasteiger partial charge in [-0.1, -0.05) is 29.4 Å². The van der Waals surface area contributed by atoms with Gasteiger partial charge in [0.2, 0.25) is 11.7 Å². The average Bonchev–Trinajstić information content (AvgIpc) is 3.35. The largest absolute Gasteiger partial charge is 0.495 e. The molecule has 2 amide bonds. The van der Waals surface area contributed by atoms with Gasteiger partial charge in [0.1, 0.15) is 22.9 Å². The van der Waals surface area contributed by atoms with Gasteiger partial charge in [-0.05, 0) is 54.8 Å². The molecule has 3 aromatic carbocycles. The minimum atomic E-state index is -4.19. The summed E-state index contributed by atoms with van der Waals surface area (Å²) in [4.78, 5) is 20.5. The predicted molar refractivity (Wildman–Crippen MR) is 132 cm³/mol. The Labute approximate surface area is 206 Å². The number of hydrogen-bond acceptors (Lipinski definition) is 8. The van der Waals surface area contributed by atoms with Crippen LogP contribution in [0.2, 0.25) is 0 Å². The molecule has 11 heteroatoms. The van der Waals surface area contributed by atoms with Crippen molar-refractivity contribution in [3.8, 4) is 17.1 Å². The molecule has 4 aromatic rings. The summed E-state index contributed by atoms with van der Waals surface area (Å²) in [6.07, 6.45) is 1.99. The second-order valence-corrected chi connectivity index (χ2v) is 10.2. The molecule has 5 rings (SSSR count). The molecule has 0 aliphatic carbocycles. The second kappa shape index (κ2) is 9.08. The van der Waals surface area contributed by atoms with E-state index in [1.54, 1.807) is 48.2 Å². The summed E-state index contributed by atoms with van der Waals surface area (Å²) in [5.74, 6) is 0.786. The lowest BCUT2D eigenvalue weighted by molar-refractivity contribution is 0.252. The Kier molecular flexibility index (Phi) is 5.95. The fourth-order valence-electron chi connectivity index (χ4n) is 3.81. The number of aromatic nitrogens is 2. The van der Waals surface area contributed by atoms with Crippen LogP contribution < -0.4 is 13.9 Å². The lowest BCUT2D eigenvalue weighted by atomic mass is 10.2. The zero-order valence-corrected chi connectivity index (χ0v) is 20.4. The number of ether oxygens (including phenoxy) is 1. The van der Waals surface area contributed by atoms with Crippen LogP contribution in [0.3, 0.4) is 0 Å². The topological polar surface area (TPSA) is 106 Å². The lowest BCUT2D eigenvalue weighted by Gasteiger charge is -2.35. The highest BCUT2D eigenvalue weighted by Gasteiger charge is 2.44. The van der Waals surface area contributed by atoms with E-state index in [-0.39, 0.29) is 34.5 Å². The number of para-hydroxylation sites is 3. The number of anilines is 2. The molecule has 1 aliphatic heterocycles. The lowest BCUT2D eigenvalue weighted by Crippen LogP contribution is -2.50. The molecular weight excluding hydrogens is 488 g/mol. The Morgan fingerprint density at radius 2 is 1.66 bits per heavy atom. The van der Waals surface area contributed by atoms with Crippen molar-refractivity contribution in [2.45, 2.75) is 16.3 Å². The zero-order chi connectivity index (χ0) is 24.6. The number of thioether (sulfide) groups is 1. The third kappa shape index (κ3) is 4.02. The monoisotopic (exact) mass is 508 g/mol. The summed E-state index contributed by atoms with van der Waals surface area (Å²) in [6, 6.07) is 19.6. The maximum absolute atomic E-state index is 13.6. The van der Waals surface area contributed by atoms with Gasteiger partial charge in [0.25, 0.3) is 10.0 Å².